The second kappa shape index (κ2) is 8.17. The highest BCUT2D eigenvalue weighted by Crippen LogP contribution is 2.35. The minimum absolute atomic E-state index is 0.0189. The van der Waals surface area contributed by atoms with E-state index in [1.54, 1.807) is 41.4 Å². The number of pyridine rings is 1. The molecule has 3 aromatic heterocycles. The lowest BCUT2D eigenvalue weighted by Crippen LogP contribution is -2.48. The van der Waals surface area contributed by atoms with Crippen LogP contribution in [0.15, 0.2) is 60.0 Å². The number of benzene rings is 1. The molecule has 2 bridgehead atoms. The number of carboxylic acid groups (broad SMARTS) is 1. The van der Waals surface area contributed by atoms with Crippen LogP contribution in [-0.4, -0.2) is 72.3 Å². The SMILES string of the molecule is CSc1ccc2c(Nc3cnccn3)nn(-c3ccnc(N4C[C@@H]5C[C@H]4CN5C(=O)O)c3)c2c1. The lowest BCUT2D eigenvalue weighted by atomic mass is 10.2. The molecule has 2 saturated heterocycles. The highest BCUT2D eigenvalue weighted by atomic mass is 32.2. The molecule has 1 aromatic carbocycles. The van der Waals surface area contributed by atoms with Gasteiger partial charge in [0, 0.05) is 48.0 Å². The lowest BCUT2D eigenvalue weighted by Gasteiger charge is -2.33. The maximum absolute atomic E-state index is 11.4. The number of fused-ring (bicyclic) bond motifs is 3. The van der Waals surface area contributed by atoms with Gasteiger partial charge in [0.1, 0.15) is 11.6 Å². The van der Waals surface area contributed by atoms with Crippen molar-refractivity contribution in [1.82, 2.24) is 29.6 Å². The van der Waals surface area contributed by atoms with Gasteiger partial charge in [0.15, 0.2) is 5.82 Å². The number of nitrogens with zero attached hydrogens (tertiary/aromatic N) is 7. The molecule has 5 heterocycles. The fourth-order valence-corrected chi connectivity index (χ4v) is 5.31. The summed E-state index contributed by atoms with van der Waals surface area (Å²) < 4.78 is 1.91. The number of anilines is 3. The van der Waals surface area contributed by atoms with Crippen LogP contribution in [0.1, 0.15) is 6.42 Å². The number of carbonyl (C=O) groups is 1. The minimum Gasteiger partial charge on any atom is -0.465 e. The first-order valence-electron chi connectivity index (χ1n) is 10.9. The number of hydrogen-bond donors (Lipinski definition) is 2. The lowest BCUT2D eigenvalue weighted by molar-refractivity contribution is 0.137. The molecule has 0 aliphatic carbocycles. The van der Waals surface area contributed by atoms with E-state index in [2.05, 4.69) is 43.4 Å². The summed E-state index contributed by atoms with van der Waals surface area (Å²) in [6, 6.07) is 10.4. The summed E-state index contributed by atoms with van der Waals surface area (Å²) in [5, 5.41) is 18.5. The fraction of sp³-hybridized carbons (Fsp3) is 0.261. The van der Waals surface area contributed by atoms with Crippen LogP contribution in [0.5, 0.6) is 0 Å². The molecule has 172 valence electrons. The van der Waals surface area contributed by atoms with Crippen LogP contribution in [0.25, 0.3) is 16.6 Å². The Morgan fingerprint density at radius 3 is 2.76 bits per heavy atom. The van der Waals surface area contributed by atoms with Gasteiger partial charge in [-0.15, -0.1) is 16.9 Å². The van der Waals surface area contributed by atoms with Crippen LogP contribution in [0.2, 0.25) is 0 Å². The van der Waals surface area contributed by atoms with E-state index < -0.39 is 6.09 Å². The first kappa shape index (κ1) is 20.7. The number of likely N-dealkylation sites (tertiary alicyclic amines) is 1. The Kier molecular flexibility index (Phi) is 4.98. The Labute approximate surface area is 199 Å². The van der Waals surface area contributed by atoms with E-state index in [-0.39, 0.29) is 12.1 Å². The number of amides is 1. The van der Waals surface area contributed by atoms with Crippen molar-refractivity contribution >= 4 is 46.2 Å². The van der Waals surface area contributed by atoms with Crippen molar-refractivity contribution in [3.8, 4) is 5.69 Å². The molecule has 0 spiro atoms. The van der Waals surface area contributed by atoms with E-state index in [1.807, 2.05) is 23.1 Å². The standard InChI is InChI=1S/C23H22N8O2S/c1-34-17-2-3-18-19(10-17)31(28-22(18)27-20-11-24-6-7-25-20)14-4-5-26-21(9-14)29-12-16-8-15(29)13-30(16)23(32)33/h2-7,9-11,15-16H,8,12-13H2,1H3,(H,32,33)(H,25,27,28)/t15-,16-/m0/s1. The summed E-state index contributed by atoms with van der Waals surface area (Å²) in [5.74, 6) is 2.15. The number of nitrogens with one attached hydrogen (secondary N) is 1. The first-order valence-corrected chi connectivity index (χ1v) is 12.2. The molecule has 10 nitrogen and oxygen atoms in total. The van der Waals surface area contributed by atoms with Crippen LogP contribution in [-0.2, 0) is 0 Å². The average molecular weight is 475 g/mol. The smallest absolute Gasteiger partial charge is 0.407 e. The third kappa shape index (κ3) is 3.48. The van der Waals surface area contributed by atoms with Gasteiger partial charge in [-0.05, 0) is 36.9 Å². The molecular formula is C23H22N8O2S. The van der Waals surface area contributed by atoms with Gasteiger partial charge in [-0.1, -0.05) is 0 Å². The third-order valence-corrected chi connectivity index (χ3v) is 7.18. The molecule has 6 rings (SSSR count). The zero-order valence-corrected chi connectivity index (χ0v) is 19.2. The predicted molar refractivity (Wildman–Crippen MR) is 130 cm³/mol. The fourth-order valence-electron chi connectivity index (χ4n) is 4.87. The molecule has 11 heteroatoms. The molecule has 2 aliphatic heterocycles. The number of piperazine rings is 1. The topological polar surface area (TPSA) is 112 Å². The molecule has 0 radical (unpaired) electrons. The molecule has 2 N–H and O–H groups in total. The van der Waals surface area contributed by atoms with Gasteiger partial charge in [0.05, 0.1) is 29.5 Å². The van der Waals surface area contributed by atoms with Gasteiger partial charge in [-0.25, -0.2) is 19.4 Å². The van der Waals surface area contributed by atoms with Crippen molar-refractivity contribution in [2.45, 2.75) is 23.4 Å². The zero-order chi connectivity index (χ0) is 23.2. The Hall–Kier alpha value is -3.86. The minimum atomic E-state index is -0.843. The van der Waals surface area contributed by atoms with Crippen molar-refractivity contribution in [3.05, 3.63) is 55.1 Å². The van der Waals surface area contributed by atoms with Gasteiger partial charge in [-0.2, -0.15) is 0 Å². The van der Waals surface area contributed by atoms with E-state index in [1.165, 1.54) is 0 Å². The molecule has 2 aliphatic rings. The number of rotatable bonds is 5. The molecule has 2 atom stereocenters. The van der Waals surface area contributed by atoms with E-state index >= 15 is 0 Å². The number of hydrogen-bond acceptors (Lipinski definition) is 8. The summed E-state index contributed by atoms with van der Waals surface area (Å²) in [6.45, 7) is 1.17. The summed E-state index contributed by atoms with van der Waals surface area (Å²) in [7, 11) is 0. The average Bonchev–Trinajstić information content (AvgIpc) is 3.58. The quantitative estimate of drug-likeness (QED) is 0.419. The van der Waals surface area contributed by atoms with Crippen molar-refractivity contribution in [2.24, 2.45) is 0 Å². The Balaban J connectivity index is 1.38. The maximum atomic E-state index is 11.4. The van der Waals surface area contributed by atoms with Crippen molar-refractivity contribution in [1.29, 1.82) is 0 Å². The molecule has 1 amide bonds. The van der Waals surface area contributed by atoms with E-state index in [9.17, 15) is 9.90 Å². The van der Waals surface area contributed by atoms with Crippen LogP contribution < -0.4 is 10.2 Å². The molecule has 2 fully saturated rings. The van der Waals surface area contributed by atoms with Gasteiger partial charge >= 0.3 is 6.09 Å². The van der Waals surface area contributed by atoms with Gasteiger partial charge in [0.25, 0.3) is 0 Å². The highest BCUT2D eigenvalue weighted by Gasteiger charge is 2.45. The van der Waals surface area contributed by atoms with Gasteiger partial charge in [-0.3, -0.25) is 4.98 Å². The third-order valence-electron chi connectivity index (χ3n) is 6.45. The molecule has 4 aromatic rings. The molecule has 0 saturated carbocycles. The van der Waals surface area contributed by atoms with E-state index in [4.69, 9.17) is 5.10 Å². The Morgan fingerprint density at radius 2 is 2.03 bits per heavy atom. The second-order valence-corrected chi connectivity index (χ2v) is 9.24. The van der Waals surface area contributed by atoms with Gasteiger partial charge in [0.2, 0.25) is 0 Å². The van der Waals surface area contributed by atoms with Gasteiger partial charge < -0.3 is 20.2 Å². The monoisotopic (exact) mass is 474 g/mol. The van der Waals surface area contributed by atoms with E-state index in [0.717, 1.165) is 33.7 Å². The molecular weight excluding hydrogens is 452 g/mol. The van der Waals surface area contributed by atoms with Crippen molar-refractivity contribution < 1.29 is 9.90 Å². The summed E-state index contributed by atoms with van der Waals surface area (Å²) in [5.41, 5.74) is 1.86. The molecule has 34 heavy (non-hydrogen) atoms. The molecule has 0 unspecified atom stereocenters. The highest BCUT2D eigenvalue weighted by molar-refractivity contribution is 7.98. The second-order valence-electron chi connectivity index (χ2n) is 8.36. The predicted octanol–water partition coefficient (Wildman–Crippen LogP) is 3.62. The number of aromatic nitrogens is 5. The Morgan fingerprint density at radius 1 is 1.12 bits per heavy atom. The summed E-state index contributed by atoms with van der Waals surface area (Å²) in [4.78, 5) is 29.4. The first-order chi connectivity index (χ1) is 16.6. The van der Waals surface area contributed by atoms with Crippen LogP contribution in [0.3, 0.4) is 0 Å². The zero-order valence-electron chi connectivity index (χ0n) is 18.4. The summed E-state index contributed by atoms with van der Waals surface area (Å²) in [6.07, 6.45) is 8.76. The Bertz CT molecular complexity index is 1380. The van der Waals surface area contributed by atoms with E-state index in [0.29, 0.717) is 24.7 Å². The normalized spacial score (nSPS) is 19.2. The largest absolute Gasteiger partial charge is 0.465 e. The maximum Gasteiger partial charge on any atom is 0.407 e. The number of thioether (sulfide) groups is 1. The van der Waals surface area contributed by atoms with Crippen LogP contribution in [0.4, 0.5) is 22.2 Å². The van der Waals surface area contributed by atoms with Crippen LogP contribution in [0, 0.1) is 0 Å². The van der Waals surface area contributed by atoms with Crippen molar-refractivity contribution in [3.63, 3.8) is 0 Å². The summed E-state index contributed by atoms with van der Waals surface area (Å²) >= 11 is 1.68. The van der Waals surface area contributed by atoms with Crippen LogP contribution >= 0.6 is 11.8 Å². The van der Waals surface area contributed by atoms with Crippen molar-refractivity contribution in [2.75, 3.05) is 29.6 Å².